The summed E-state index contributed by atoms with van der Waals surface area (Å²) in [5.74, 6) is 1.74. The molecule has 4 heteroatoms. The van der Waals surface area contributed by atoms with Crippen molar-refractivity contribution >= 4 is 33.3 Å². The van der Waals surface area contributed by atoms with E-state index in [1.54, 1.807) is 24.9 Å². The number of aryl methyl sites for hydroxylation is 1. The second-order valence-electron chi connectivity index (χ2n) is 7.67. The summed E-state index contributed by atoms with van der Waals surface area (Å²) in [5.41, 5.74) is 6.57. The second kappa shape index (κ2) is 10.8. The molecule has 4 aromatic rings. The molecule has 0 saturated carbocycles. The first-order valence-electron chi connectivity index (χ1n) is 10.6. The zero-order valence-electron chi connectivity index (χ0n) is 18.5. The maximum Gasteiger partial charge on any atom is 0.181 e. The Labute approximate surface area is 208 Å². The van der Waals surface area contributed by atoms with E-state index in [-0.39, 0.29) is 5.75 Å². The van der Waals surface area contributed by atoms with Crippen molar-refractivity contribution in [1.82, 2.24) is 0 Å². The average Bonchev–Trinajstić information content (AvgIpc) is 2.85. The van der Waals surface area contributed by atoms with Crippen molar-refractivity contribution in [3.05, 3.63) is 118 Å². The molecule has 0 saturated heterocycles. The van der Waals surface area contributed by atoms with Crippen LogP contribution in [-0.4, -0.2) is 12.9 Å². The highest BCUT2D eigenvalue weighted by Gasteiger charge is 2.08. The van der Waals surface area contributed by atoms with E-state index in [1.807, 2.05) is 37.3 Å². The molecule has 1 radical (unpaired) electrons. The summed E-state index contributed by atoms with van der Waals surface area (Å²) in [6.45, 7) is 1.86. The number of rotatable bonds is 7. The highest BCUT2D eigenvalue weighted by atomic mass is 79.9. The van der Waals surface area contributed by atoms with Crippen LogP contribution in [0.1, 0.15) is 16.7 Å². The van der Waals surface area contributed by atoms with E-state index in [9.17, 15) is 5.11 Å². The summed E-state index contributed by atoms with van der Waals surface area (Å²) < 4.78 is 6.42. The Hall–Kier alpha value is -2.95. The van der Waals surface area contributed by atoms with E-state index in [0.29, 0.717) is 0 Å². The van der Waals surface area contributed by atoms with Gasteiger partial charge in [-0.2, -0.15) is 0 Å². The Kier molecular flexibility index (Phi) is 7.58. The molecule has 165 valence electrons. The first-order valence-corrected chi connectivity index (χ1v) is 12.4. The maximum absolute atomic E-state index is 11.7. The van der Waals surface area contributed by atoms with Gasteiger partial charge in [-0.1, -0.05) is 70.5 Å². The minimum Gasteiger partial charge on any atom is -0.497 e. The van der Waals surface area contributed by atoms with Crippen LogP contribution in [0.4, 0.5) is 0 Å². The number of hydrogen-bond acceptors (Lipinski definition) is 2. The fourth-order valence-electron chi connectivity index (χ4n) is 3.61. The van der Waals surface area contributed by atoms with E-state index in [0.717, 1.165) is 43.1 Å². The SMILES string of the molecule is COc1cccc(-c2ccc(/C(=C/CSc3ccc([O])c(C)c3)c3ccc(Br)cc3)cc2)c1. The normalized spacial score (nSPS) is 11.4. The van der Waals surface area contributed by atoms with Crippen molar-refractivity contribution in [3.8, 4) is 22.6 Å². The van der Waals surface area contributed by atoms with Crippen molar-refractivity contribution in [2.75, 3.05) is 12.9 Å². The van der Waals surface area contributed by atoms with Crippen LogP contribution in [0.15, 0.2) is 106 Å². The molecular weight excluding hydrogens is 492 g/mol. The zero-order valence-corrected chi connectivity index (χ0v) is 20.9. The summed E-state index contributed by atoms with van der Waals surface area (Å²) in [6, 6.07) is 30.7. The third-order valence-electron chi connectivity index (χ3n) is 5.44. The van der Waals surface area contributed by atoms with E-state index in [2.05, 4.69) is 76.6 Å². The third kappa shape index (κ3) is 5.89. The van der Waals surface area contributed by atoms with Gasteiger partial charge in [0.2, 0.25) is 0 Å². The number of halogens is 1. The van der Waals surface area contributed by atoms with Crippen molar-refractivity contribution in [2.24, 2.45) is 0 Å². The number of methoxy groups -OCH3 is 1. The molecule has 0 atom stereocenters. The van der Waals surface area contributed by atoms with Crippen LogP contribution in [0, 0.1) is 6.92 Å². The predicted octanol–water partition coefficient (Wildman–Crippen LogP) is 8.80. The highest BCUT2D eigenvalue weighted by molar-refractivity contribution is 9.10. The summed E-state index contributed by atoms with van der Waals surface area (Å²) in [6.07, 6.45) is 2.26. The van der Waals surface area contributed by atoms with Gasteiger partial charge in [0.05, 0.1) is 7.11 Å². The second-order valence-corrected chi connectivity index (χ2v) is 9.68. The molecular formula is C29H24BrO2S. The quantitative estimate of drug-likeness (QED) is 0.230. The first-order chi connectivity index (χ1) is 16.0. The Balaban J connectivity index is 1.62. The molecule has 0 heterocycles. The van der Waals surface area contributed by atoms with Gasteiger partial charge in [0.15, 0.2) is 5.75 Å². The molecule has 0 amide bonds. The Morgan fingerprint density at radius 2 is 1.58 bits per heavy atom. The Bertz CT molecular complexity index is 1260. The lowest BCUT2D eigenvalue weighted by molar-refractivity contribution is 0.351. The van der Waals surface area contributed by atoms with Crippen LogP contribution in [0.5, 0.6) is 11.5 Å². The molecule has 0 aliphatic heterocycles. The fourth-order valence-corrected chi connectivity index (χ4v) is 4.74. The molecule has 4 rings (SSSR count). The van der Waals surface area contributed by atoms with Crippen LogP contribution in [-0.2, 0) is 5.11 Å². The molecule has 0 unspecified atom stereocenters. The highest BCUT2D eigenvalue weighted by Crippen LogP contribution is 2.31. The Morgan fingerprint density at radius 1 is 0.879 bits per heavy atom. The van der Waals surface area contributed by atoms with Crippen LogP contribution < -0.4 is 4.74 Å². The van der Waals surface area contributed by atoms with Gasteiger partial charge in [-0.25, -0.2) is 0 Å². The van der Waals surface area contributed by atoms with Gasteiger partial charge in [-0.3, -0.25) is 5.11 Å². The smallest absolute Gasteiger partial charge is 0.181 e. The Morgan fingerprint density at radius 3 is 2.24 bits per heavy atom. The lowest BCUT2D eigenvalue weighted by Crippen LogP contribution is -1.90. The van der Waals surface area contributed by atoms with Crippen LogP contribution in [0.3, 0.4) is 0 Å². The maximum atomic E-state index is 11.7. The first kappa shape index (κ1) is 23.2. The average molecular weight is 516 g/mol. The monoisotopic (exact) mass is 515 g/mol. The predicted molar refractivity (Wildman–Crippen MR) is 142 cm³/mol. The van der Waals surface area contributed by atoms with E-state index >= 15 is 0 Å². The minimum atomic E-state index is 0.0848. The lowest BCUT2D eigenvalue weighted by Gasteiger charge is -2.11. The molecule has 0 spiro atoms. The molecule has 4 aromatic carbocycles. The summed E-state index contributed by atoms with van der Waals surface area (Å²) >= 11 is 5.26. The summed E-state index contributed by atoms with van der Waals surface area (Å²) in [5, 5.41) is 11.7. The lowest BCUT2D eigenvalue weighted by atomic mass is 9.95. The van der Waals surface area contributed by atoms with E-state index in [4.69, 9.17) is 4.74 Å². The zero-order chi connectivity index (χ0) is 23.2. The van der Waals surface area contributed by atoms with E-state index in [1.165, 1.54) is 11.1 Å². The van der Waals surface area contributed by atoms with Gasteiger partial charge < -0.3 is 4.74 Å². The molecule has 2 nitrogen and oxygen atoms in total. The molecule has 33 heavy (non-hydrogen) atoms. The fraction of sp³-hybridized carbons (Fsp3) is 0.103. The van der Waals surface area contributed by atoms with Crippen molar-refractivity contribution in [1.29, 1.82) is 0 Å². The van der Waals surface area contributed by atoms with Gasteiger partial charge in [0.1, 0.15) is 5.75 Å². The minimum absolute atomic E-state index is 0.0848. The van der Waals surface area contributed by atoms with Crippen molar-refractivity contribution < 1.29 is 9.84 Å². The molecule has 0 aliphatic carbocycles. The van der Waals surface area contributed by atoms with Crippen LogP contribution in [0.2, 0.25) is 0 Å². The van der Waals surface area contributed by atoms with Crippen molar-refractivity contribution in [3.63, 3.8) is 0 Å². The number of ether oxygens (including phenoxy) is 1. The van der Waals surface area contributed by atoms with Gasteiger partial charge in [-0.05, 0) is 82.8 Å². The molecule has 0 aliphatic rings. The third-order valence-corrected chi connectivity index (χ3v) is 6.89. The van der Waals surface area contributed by atoms with Gasteiger partial charge in [0.25, 0.3) is 0 Å². The standard InChI is InChI=1S/C29H24BrO2S/c1-20-18-27(14-15-29(20)31)33-17-16-28(23-10-12-25(30)13-11-23)22-8-6-21(7-9-22)24-4-3-5-26(19-24)32-2/h3-16,18-19H,17H2,1-2H3/b28-16-. The number of hydrogen-bond donors (Lipinski definition) is 0. The van der Waals surface area contributed by atoms with Crippen LogP contribution >= 0.6 is 27.7 Å². The topological polar surface area (TPSA) is 29.1 Å². The molecule has 0 fully saturated rings. The summed E-state index contributed by atoms with van der Waals surface area (Å²) in [4.78, 5) is 1.10. The van der Waals surface area contributed by atoms with Crippen molar-refractivity contribution in [2.45, 2.75) is 11.8 Å². The van der Waals surface area contributed by atoms with Gasteiger partial charge in [0, 0.05) is 15.1 Å². The number of thioether (sulfide) groups is 1. The van der Waals surface area contributed by atoms with E-state index < -0.39 is 0 Å². The molecule has 0 aromatic heterocycles. The molecule has 0 N–H and O–H groups in total. The van der Waals surface area contributed by atoms with Gasteiger partial charge in [-0.15, -0.1) is 11.8 Å². The largest absolute Gasteiger partial charge is 0.497 e. The molecule has 0 bridgehead atoms. The summed E-state index contributed by atoms with van der Waals surface area (Å²) in [7, 11) is 1.69. The number of benzene rings is 4. The van der Waals surface area contributed by atoms with Gasteiger partial charge >= 0.3 is 0 Å². The van der Waals surface area contributed by atoms with Crippen LogP contribution in [0.25, 0.3) is 16.7 Å².